The fourth-order valence-electron chi connectivity index (χ4n) is 2.46. The molecule has 1 heterocycles. The molecule has 0 bridgehead atoms. The van der Waals surface area contributed by atoms with E-state index in [1.54, 1.807) is 6.20 Å². The highest BCUT2D eigenvalue weighted by molar-refractivity contribution is 6.35. The van der Waals surface area contributed by atoms with Crippen LogP contribution in [0, 0.1) is 5.92 Å². The van der Waals surface area contributed by atoms with Crippen LogP contribution in [0.5, 0.6) is 0 Å². The number of rotatable bonds is 6. The topological polar surface area (TPSA) is 24.9 Å². The molecule has 1 aromatic carbocycles. The molecule has 0 amide bonds. The number of benzene rings is 1. The van der Waals surface area contributed by atoms with Gasteiger partial charge in [-0.25, -0.2) is 0 Å². The van der Waals surface area contributed by atoms with Gasteiger partial charge in [0.25, 0.3) is 0 Å². The van der Waals surface area contributed by atoms with E-state index in [0.29, 0.717) is 11.1 Å². The van der Waals surface area contributed by atoms with Gasteiger partial charge in [0.2, 0.25) is 0 Å². The quantitative estimate of drug-likeness (QED) is 0.758. The molecule has 0 aliphatic carbocycles. The number of nitrogens with one attached hydrogen (secondary N) is 1. The van der Waals surface area contributed by atoms with Crippen LogP contribution in [-0.4, -0.2) is 11.0 Å². The number of pyridine rings is 1. The van der Waals surface area contributed by atoms with Gasteiger partial charge in [0.15, 0.2) is 0 Å². The van der Waals surface area contributed by atoms with Crippen LogP contribution < -0.4 is 5.32 Å². The van der Waals surface area contributed by atoms with Gasteiger partial charge >= 0.3 is 0 Å². The van der Waals surface area contributed by atoms with Crippen LogP contribution >= 0.6 is 11.6 Å². The van der Waals surface area contributed by atoms with E-state index in [4.69, 9.17) is 11.6 Å². The van der Waals surface area contributed by atoms with Crippen molar-refractivity contribution in [2.75, 3.05) is 5.32 Å². The second-order valence-electron chi connectivity index (χ2n) is 5.49. The van der Waals surface area contributed by atoms with E-state index < -0.39 is 0 Å². The monoisotopic (exact) mass is 290 g/mol. The zero-order valence-electron chi connectivity index (χ0n) is 12.5. The molecule has 0 saturated heterocycles. The number of aromatic nitrogens is 1. The average molecular weight is 291 g/mol. The summed E-state index contributed by atoms with van der Waals surface area (Å²) in [4.78, 5) is 4.38. The summed E-state index contributed by atoms with van der Waals surface area (Å²) in [5.41, 5.74) is 2.00. The van der Waals surface area contributed by atoms with Crippen molar-refractivity contribution in [3.63, 3.8) is 0 Å². The minimum atomic E-state index is 0.495. The van der Waals surface area contributed by atoms with E-state index in [2.05, 4.69) is 43.2 Å². The third-order valence-corrected chi connectivity index (χ3v) is 4.26. The summed E-state index contributed by atoms with van der Waals surface area (Å²) in [6.45, 7) is 6.79. The molecule has 2 unspecified atom stereocenters. The molecule has 0 aliphatic rings. The molecule has 2 nitrogen and oxygen atoms in total. The van der Waals surface area contributed by atoms with Crippen molar-refractivity contribution in [1.82, 2.24) is 4.98 Å². The minimum absolute atomic E-state index is 0.495. The molecule has 0 spiro atoms. The fourth-order valence-corrected chi connectivity index (χ4v) is 2.68. The highest BCUT2D eigenvalue weighted by Crippen LogP contribution is 2.29. The zero-order valence-corrected chi connectivity index (χ0v) is 13.2. The molecule has 0 fully saturated rings. The number of hydrogen-bond donors (Lipinski definition) is 1. The summed E-state index contributed by atoms with van der Waals surface area (Å²) in [6, 6.07) is 8.52. The largest absolute Gasteiger partial charge is 0.382 e. The van der Waals surface area contributed by atoms with Gasteiger partial charge in [-0.1, -0.05) is 38.8 Å². The van der Waals surface area contributed by atoms with Crippen LogP contribution in [0.2, 0.25) is 5.02 Å². The second kappa shape index (κ2) is 6.94. The maximum absolute atomic E-state index is 6.22. The van der Waals surface area contributed by atoms with Gasteiger partial charge in [0.05, 0.1) is 10.5 Å². The Morgan fingerprint density at radius 3 is 2.70 bits per heavy atom. The summed E-state index contributed by atoms with van der Waals surface area (Å²) in [5.74, 6) is 0.740. The first kappa shape index (κ1) is 15.1. The van der Waals surface area contributed by atoms with Crippen molar-refractivity contribution < 1.29 is 0 Å². The van der Waals surface area contributed by atoms with Gasteiger partial charge in [-0.05, 0) is 43.0 Å². The molecule has 0 saturated carbocycles. The van der Waals surface area contributed by atoms with E-state index in [9.17, 15) is 0 Å². The lowest BCUT2D eigenvalue weighted by atomic mass is 9.97. The molecule has 1 aromatic heterocycles. The van der Waals surface area contributed by atoms with E-state index in [0.717, 1.165) is 28.9 Å². The molecule has 1 N–H and O–H groups in total. The highest BCUT2D eigenvalue weighted by Gasteiger charge is 2.12. The summed E-state index contributed by atoms with van der Waals surface area (Å²) >= 11 is 6.22. The van der Waals surface area contributed by atoms with E-state index in [-0.39, 0.29) is 0 Å². The van der Waals surface area contributed by atoms with Crippen LogP contribution in [0.1, 0.15) is 40.0 Å². The zero-order chi connectivity index (χ0) is 14.5. The van der Waals surface area contributed by atoms with Gasteiger partial charge in [-0.15, -0.1) is 0 Å². The third kappa shape index (κ3) is 3.43. The second-order valence-corrected chi connectivity index (χ2v) is 5.90. The van der Waals surface area contributed by atoms with Crippen molar-refractivity contribution in [3.05, 3.63) is 35.5 Å². The molecular formula is C17H23ClN2. The Morgan fingerprint density at radius 2 is 2.00 bits per heavy atom. The molecule has 3 heteroatoms. The summed E-state index contributed by atoms with van der Waals surface area (Å²) in [6.07, 6.45) is 5.32. The Morgan fingerprint density at radius 1 is 1.20 bits per heavy atom. The lowest BCUT2D eigenvalue weighted by molar-refractivity contribution is 0.462. The van der Waals surface area contributed by atoms with E-state index in [1.165, 1.54) is 12.8 Å². The number of nitrogens with zero attached hydrogens (tertiary/aromatic N) is 1. The first-order valence-corrected chi connectivity index (χ1v) is 7.83. The SMILES string of the molecule is CCC(C)CC(CC)Nc1ccc(Cl)c2ncccc12. The van der Waals surface area contributed by atoms with Crippen molar-refractivity contribution in [1.29, 1.82) is 0 Å². The molecular weight excluding hydrogens is 268 g/mol. The molecule has 20 heavy (non-hydrogen) atoms. The van der Waals surface area contributed by atoms with Crippen LogP contribution in [0.3, 0.4) is 0 Å². The standard InChI is InChI=1S/C17H23ClN2/c1-4-12(3)11-13(5-2)20-16-9-8-15(18)17-14(16)7-6-10-19-17/h6-10,12-13,20H,4-5,11H2,1-3H3. The molecule has 2 atom stereocenters. The molecule has 0 radical (unpaired) electrons. The average Bonchev–Trinajstić information content (AvgIpc) is 2.49. The molecule has 0 aliphatic heterocycles. The van der Waals surface area contributed by atoms with Crippen molar-refractivity contribution in [2.24, 2.45) is 5.92 Å². The van der Waals surface area contributed by atoms with Crippen LogP contribution in [0.4, 0.5) is 5.69 Å². The number of halogens is 1. The third-order valence-electron chi connectivity index (χ3n) is 3.96. The van der Waals surface area contributed by atoms with Gasteiger partial charge in [-0.2, -0.15) is 0 Å². The fraction of sp³-hybridized carbons (Fsp3) is 0.471. The predicted molar refractivity (Wildman–Crippen MR) is 88.5 cm³/mol. The predicted octanol–water partition coefficient (Wildman–Crippen LogP) is 5.51. The molecule has 2 rings (SSSR count). The maximum atomic E-state index is 6.22. The Bertz CT molecular complexity index is 568. The maximum Gasteiger partial charge on any atom is 0.0908 e. The Kier molecular flexibility index (Phi) is 5.24. The lowest BCUT2D eigenvalue weighted by Crippen LogP contribution is -2.21. The van der Waals surface area contributed by atoms with Gasteiger partial charge in [0, 0.05) is 23.3 Å². The van der Waals surface area contributed by atoms with Crippen LogP contribution in [-0.2, 0) is 0 Å². The summed E-state index contributed by atoms with van der Waals surface area (Å²) in [5, 5.41) is 5.47. The Hall–Kier alpha value is -1.28. The summed E-state index contributed by atoms with van der Waals surface area (Å²) in [7, 11) is 0. The van der Waals surface area contributed by atoms with Gasteiger partial charge < -0.3 is 5.32 Å². The molecule has 2 aromatic rings. The normalized spacial score (nSPS) is 14.2. The minimum Gasteiger partial charge on any atom is -0.382 e. The lowest BCUT2D eigenvalue weighted by Gasteiger charge is -2.22. The highest BCUT2D eigenvalue weighted by atomic mass is 35.5. The van der Waals surface area contributed by atoms with Crippen molar-refractivity contribution in [3.8, 4) is 0 Å². The van der Waals surface area contributed by atoms with E-state index >= 15 is 0 Å². The number of fused-ring (bicyclic) bond motifs is 1. The van der Waals surface area contributed by atoms with Gasteiger partial charge in [-0.3, -0.25) is 4.98 Å². The van der Waals surface area contributed by atoms with Crippen molar-refractivity contribution >= 4 is 28.2 Å². The Balaban J connectivity index is 2.26. The number of hydrogen-bond acceptors (Lipinski definition) is 2. The summed E-state index contributed by atoms with van der Waals surface area (Å²) < 4.78 is 0. The van der Waals surface area contributed by atoms with Crippen molar-refractivity contribution in [2.45, 2.75) is 46.1 Å². The Labute approximate surface area is 126 Å². The van der Waals surface area contributed by atoms with Gasteiger partial charge in [0.1, 0.15) is 0 Å². The number of anilines is 1. The van der Waals surface area contributed by atoms with Crippen LogP contribution in [0.15, 0.2) is 30.5 Å². The van der Waals surface area contributed by atoms with E-state index in [1.807, 2.05) is 12.1 Å². The first-order valence-electron chi connectivity index (χ1n) is 7.45. The smallest absolute Gasteiger partial charge is 0.0908 e. The molecule has 108 valence electrons. The van der Waals surface area contributed by atoms with Crippen LogP contribution in [0.25, 0.3) is 10.9 Å². The first-order chi connectivity index (χ1) is 9.65.